The maximum Gasteiger partial charge on any atom is 0.412 e. The van der Waals surface area contributed by atoms with E-state index in [-0.39, 0.29) is 125 Å². The average Bonchev–Trinajstić information content (AvgIpc) is 0.984. The number of nitrogens with zero attached hydrogens (tertiary/aromatic N) is 3. The summed E-state index contributed by atoms with van der Waals surface area (Å²) in [7, 11) is 2.75. The van der Waals surface area contributed by atoms with E-state index in [1.807, 2.05) is 47.6 Å². The number of nitrogens with two attached hydrogens (primary N) is 1. The number of urea groups is 1. The number of carbonyl (C=O) groups excluding carboxylic acids is 15. The van der Waals surface area contributed by atoms with Gasteiger partial charge in [-0.05, 0) is 157 Å². The molecule has 14 amide bonds. The summed E-state index contributed by atoms with van der Waals surface area (Å²) < 4.78 is 39.5. The Balaban J connectivity index is 1.19. The van der Waals surface area contributed by atoms with Crippen molar-refractivity contribution in [3.05, 3.63) is 95.1 Å². The SMILES string of the molecule is C/C=C(\C)[C@H]1OC(=O)[C@@H](C)NC(=O)[C@H](C(C)CC)NC(=O)CN(C)C(=O)[C@@H](Cc2ccc(OC(=O)NCCCOCCOCCOCCCNC(=O)OCc3ccc(NC(=O)[C@H](CCCNC(N)=O)NC(=O)[C@@H](NC(=O)CCCCCN4C(=O)C=CC4=O)C(C)C)cc3)cc2)N(C)C(=O)[C@H](C)NC(=O)[C@@H](CC(C)C)OC(=O)/C(C)=C/CC[C@@H]1C. The van der Waals surface area contributed by atoms with Crippen molar-refractivity contribution in [2.24, 2.45) is 29.4 Å². The topological polar surface area (TPSA) is 465 Å². The van der Waals surface area contributed by atoms with Gasteiger partial charge in [0.05, 0.1) is 33.0 Å². The number of primary amides is 1. The molecule has 10 atom stereocenters. The highest BCUT2D eigenvalue weighted by molar-refractivity contribution is 6.13. The summed E-state index contributed by atoms with van der Waals surface area (Å²) in [6.45, 7) is 22.8. The Labute approximate surface area is 697 Å². The number of allylic oxidation sites excluding steroid dienone is 2. The molecular weight excluding hydrogens is 1540 g/mol. The summed E-state index contributed by atoms with van der Waals surface area (Å²) in [5, 5.41) is 24.2. The number of unbranched alkanes of at least 4 members (excludes halogenated alkanes) is 2. The Bertz CT molecular complexity index is 3780. The van der Waals surface area contributed by atoms with Crippen LogP contribution in [0.5, 0.6) is 5.75 Å². The molecular formula is C84H127N13O22. The smallest absolute Gasteiger partial charge is 0.412 e. The Morgan fingerprint density at radius 2 is 1.27 bits per heavy atom. The van der Waals surface area contributed by atoms with E-state index in [0.29, 0.717) is 94.6 Å². The van der Waals surface area contributed by atoms with Crippen LogP contribution in [0.4, 0.5) is 20.1 Å². The van der Waals surface area contributed by atoms with E-state index in [2.05, 4.69) is 47.9 Å². The quantitative estimate of drug-likeness (QED) is 0.0127. The van der Waals surface area contributed by atoms with Gasteiger partial charge in [-0.3, -0.25) is 52.8 Å². The molecule has 2 aliphatic rings. The van der Waals surface area contributed by atoms with Crippen LogP contribution in [0, 0.1) is 23.7 Å². The highest BCUT2D eigenvalue weighted by Crippen LogP contribution is 2.25. The minimum absolute atomic E-state index is 0.0746. The van der Waals surface area contributed by atoms with Crippen LogP contribution in [-0.2, 0) is 99.0 Å². The highest BCUT2D eigenvalue weighted by Gasteiger charge is 2.38. The molecule has 4 rings (SSSR count). The fraction of sp³-hybridized carbons (Fsp3) is 0.607. The molecule has 2 aromatic rings. The molecule has 0 fully saturated rings. The highest BCUT2D eigenvalue weighted by atomic mass is 16.6. The van der Waals surface area contributed by atoms with Gasteiger partial charge >= 0.3 is 30.2 Å². The second kappa shape index (κ2) is 53.6. The molecule has 0 bridgehead atoms. The van der Waals surface area contributed by atoms with E-state index >= 15 is 0 Å². The third-order valence-electron chi connectivity index (χ3n) is 19.8. The van der Waals surface area contributed by atoms with E-state index < -0.39 is 132 Å². The van der Waals surface area contributed by atoms with E-state index in [1.54, 1.807) is 70.2 Å². The largest absolute Gasteiger partial charge is 0.456 e. The van der Waals surface area contributed by atoms with Crippen molar-refractivity contribution in [2.45, 2.75) is 222 Å². The van der Waals surface area contributed by atoms with Crippen molar-refractivity contribution in [3.8, 4) is 5.75 Å². The minimum Gasteiger partial charge on any atom is -0.456 e. The Morgan fingerprint density at radius 1 is 0.672 bits per heavy atom. The summed E-state index contributed by atoms with van der Waals surface area (Å²) in [6, 6.07) is 5.12. The first-order valence-electron chi connectivity index (χ1n) is 40.9. The molecule has 0 aliphatic carbocycles. The zero-order chi connectivity index (χ0) is 88.3. The molecule has 2 aromatic carbocycles. The molecule has 35 heteroatoms. The summed E-state index contributed by atoms with van der Waals surface area (Å²) in [5.74, 6) is -8.15. The summed E-state index contributed by atoms with van der Waals surface area (Å²) in [5.41, 5.74) is 7.73. The van der Waals surface area contributed by atoms with E-state index in [0.717, 1.165) is 20.3 Å². The number of carbonyl (C=O) groups is 15. The Kier molecular flexibility index (Phi) is 45.3. The van der Waals surface area contributed by atoms with Gasteiger partial charge < -0.3 is 96.5 Å². The number of hydrogen-bond acceptors (Lipinski definition) is 22. The number of anilines is 1. The number of hydrogen-bond donors (Lipinski definition) is 10. The van der Waals surface area contributed by atoms with Gasteiger partial charge in [0.1, 0.15) is 54.7 Å². The van der Waals surface area contributed by atoms with Crippen LogP contribution in [0.3, 0.4) is 0 Å². The lowest BCUT2D eigenvalue weighted by molar-refractivity contribution is -0.154. The van der Waals surface area contributed by atoms with Gasteiger partial charge in [0.15, 0.2) is 6.10 Å². The maximum absolute atomic E-state index is 14.6. The number of imide groups is 1. The molecule has 660 valence electrons. The number of rotatable bonds is 40. The number of esters is 2. The third-order valence-corrected chi connectivity index (χ3v) is 19.8. The zero-order valence-corrected chi connectivity index (χ0v) is 71.4. The van der Waals surface area contributed by atoms with Crippen LogP contribution in [0.1, 0.15) is 171 Å². The maximum atomic E-state index is 14.6. The predicted molar refractivity (Wildman–Crippen MR) is 441 cm³/mol. The second-order valence-electron chi connectivity index (χ2n) is 30.6. The van der Waals surface area contributed by atoms with Crippen molar-refractivity contribution in [2.75, 3.05) is 91.8 Å². The standard InChI is InChI=1S/C84H127N13O22/c1-15-54(7)72-77(105)90-59(12)81(109)119-73(55(8)16-2)56(9)24-20-25-57(10)80(108)118-66(48-52(3)4)75(103)89-58(11)78(106)96(14)65(79(107)95(13)50-68(99)94-72)49-60-30-34-63(35-31-60)117-84(112)88-40-23-43-114-45-47-115-46-44-113-42-22-39-87-83(111)116-51-61-28-32-62(33-29-61)91-74(102)64(26-21-38-86-82(85)110)92-76(104)71(53(5)6)93-67(98)27-18-17-19-41-97-69(100)36-37-70(97)101/h16,25,28-37,52-54,56,58-59,64-66,71-73H,15,17-24,26-27,38-51H2,1-14H3,(H,87,111)(H,88,112)(H,89,103)(H,90,105)(H,91,102)(H,92,104)(H,93,98)(H,94,99)(H3,85,86,110)/b55-16+,57-25+/t54?,56-,58-,59+,64-,65+,66+,71-,72-,73+/m0/s1. The first kappa shape index (κ1) is 101. The molecule has 11 N–H and O–H groups in total. The van der Waals surface area contributed by atoms with Gasteiger partial charge in [-0.25, -0.2) is 24.0 Å². The summed E-state index contributed by atoms with van der Waals surface area (Å²) in [4.78, 5) is 202. The van der Waals surface area contributed by atoms with Crippen molar-refractivity contribution >= 4 is 94.9 Å². The second-order valence-corrected chi connectivity index (χ2v) is 30.6. The van der Waals surface area contributed by atoms with Gasteiger partial charge in [-0.15, -0.1) is 0 Å². The van der Waals surface area contributed by atoms with Crippen molar-refractivity contribution < 1.29 is 105 Å². The zero-order valence-electron chi connectivity index (χ0n) is 71.4. The lowest BCUT2D eigenvalue weighted by Gasteiger charge is -2.33. The van der Waals surface area contributed by atoms with Crippen LogP contribution >= 0.6 is 0 Å². The molecule has 2 aliphatic heterocycles. The van der Waals surface area contributed by atoms with Crippen LogP contribution in [-0.4, -0.2) is 239 Å². The molecule has 119 heavy (non-hydrogen) atoms. The number of ether oxygens (including phenoxy) is 7. The number of benzene rings is 2. The van der Waals surface area contributed by atoms with Gasteiger partial charge in [0.2, 0.25) is 41.4 Å². The van der Waals surface area contributed by atoms with Crippen LogP contribution in [0.2, 0.25) is 0 Å². The van der Waals surface area contributed by atoms with Crippen molar-refractivity contribution in [1.82, 2.24) is 57.2 Å². The van der Waals surface area contributed by atoms with E-state index in [4.69, 9.17) is 38.9 Å². The fourth-order valence-electron chi connectivity index (χ4n) is 12.4. The molecule has 0 spiro atoms. The third kappa shape index (κ3) is 37.4. The van der Waals surface area contributed by atoms with Crippen LogP contribution in [0.15, 0.2) is 84.0 Å². The number of likely N-dealkylation sites (N-methyl/N-ethyl adjacent to an activating group) is 2. The molecule has 0 saturated heterocycles. The molecule has 2 heterocycles. The lowest BCUT2D eigenvalue weighted by Crippen LogP contribution is -2.57. The molecule has 0 radical (unpaired) electrons. The van der Waals surface area contributed by atoms with E-state index in [9.17, 15) is 71.9 Å². The lowest BCUT2D eigenvalue weighted by atomic mass is 9.93. The average molecular weight is 1670 g/mol. The minimum atomic E-state index is -1.29. The number of cyclic esters (lactones) is 2. The van der Waals surface area contributed by atoms with Gasteiger partial charge in [-0.2, -0.15) is 0 Å². The van der Waals surface area contributed by atoms with Crippen molar-refractivity contribution in [1.29, 1.82) is 0 Å². The Morgan fingerprint density at radius 3 is 1.87 bits per heavy atom. The number of amides is 14. The predicted octanol–water partition coefficient (Wildman–Crippen LogP) is 5.61. The normalized spacial score (nSPS) is 20.4. The summed E-state index contributed by atoms with van der Waals surface area (Å²) >= 11 is 0. The van der Waals surface area contributed by atoms with Crippen molar-refractivity contribution in [3.63, 3.8) is 0 Å². The van der Waals surface area contributed by atoms with E-state index in [1.165, 1.54) is 52.2 Å². The van der Waals surface area contributed by atoms with Gasteiger partial charge in [-0.1, -0.05) is 97.7 Å². The molecule has 1 unspecified atom stereocenters. The summed E-state index contributed by atoms with van der Waals surface area (Å²) in [6.07, 6.45) is 6.83. The molecule has 0 aromatic heterocycles. The fourth-order valence-corrected chi connectivity index (χ4v) is 12.4. The molecule has 0 saturated carbocycles. The molecule has 35 nitrogen and oxygen atoms in total. The van der Waals surface area contributed by atoms with Gasteiger partial charge in [0.25, 0.3) is 17.7 Å². The van der Waals surface area contributed by atoms with Gasteiger partial charge in [0, 0.05) is 89.7 Å². The number of alkyl carbamates (subject to hydrolysis) is 1. The van der Waals surface area contributed by atoms with Crippen LogP contribution in [0.25, 0.3) is 0 Å². The first-order valence-corrected chi connectivity index (χ1v) is 40.9. The monoisotopic (exact) mass is 1670 g/mol. The number of nitrogens with one attached hydrogen (secondary N) is 9. The van der Waals surface area contributed by atoms with Crippen LogP contribution < -0.4 is 58.3 Å². The Hall–Kier alpha value is -10.8. The first-order chi connectivity index (χ1) is 56.5.